The summed E-state index contributed by atoms with van der Waals surface area (Å²) in [4.78, 5) is 0. The van der Waals surface area contributed by atoms with Crippen LogP contribution < -0.4 is 5.73 Å². The van der Waals surface area contributed by atoms with Crippen LogP contribution >= 0.6 is 12.4 Å². The van der Waals surface area contributed by atoms with E-state index in [0.29, 0.717) is 0 Å². The zero-order valence-electron chi connectivity index (χ0n) is 6.34. The van der Waals surface area contributed by atoms with Crippen molar-refractivity contribution in [1.82, 2.24) is 0 Å². The minimum atomic E-state index is -2.89. The summed E-state index contributed by atoms with van der Waals surface area (Å²) in [7, 11) is 0. The summed E-state index contributed by atoms with van der Waals surface area (Å²) in [6.45, 7) is -0.642. The van der Waals surface area contributed by atoms with E-state index in [1.807, 2.05) is 0 Å². The van der Waals surface area contributed by atoms with E-state index in [-0.39, 0.29) is 18.0 Å². The van der Waals surface area contributed by atoms with Crippen LogP contribution in [-0.4, -0.2) is 6.54 Å². The Morgan fingerprint density at radius 1 is 1.17 bits per heavy atom. The number of hydrogen-bond donors (Lipinski definition) is 1. The summed E-state index contributed by atoms with van der Waals surface area (Å²) in [6.07, 6.45) is 0. The van der Waals surface area contributed by atoms with E-state index in [1.165, 1.54) is 12.1 Å². The molecule has 0 aliphatic heterocycles. The van der Waals surface area contributed by atoms with E-state index in [2.05, 4.69) is 0 Å². The Kier molecular flexibility index (Phi) is 4.13. The molecule has 1 nitrogen and oxygen atoms in total. The van der Waals surface area contributed by atoms with Gasteiger partial charge in [0.25, 0.3) is 5.92 Å². The molecule has 0 atom stereocenters. The van der Waals surface area contributed by atoms with Crippen molar-refractivity contribution >= 4 is 12.4 Å². The zero-order chi connectivity index (χ0) is 8.32. The van der Waals surface area contributed by atoms with Crippen molar-refractivity contribution in [3.05, 3.63) is 35.9 Å². The van der Waals surface area contributed by atoms with E-state index in [9.17, 15) is 8.78 Å². The van der Waals surface area contributed by atoms with Crippen molar-refractivity contribution < 1.29 is 8.78 Å². The van der Waals surface area contributed by atoms with Gasteiger partial charge in [-0.2, -0.15) is 8.78 Å². The Hall–Kier alpha value is -0.670. The molecule has 1 aromatic rings. The highest BCUT2D eigenvalue weighted by molar-refractivity contribution is 5.85. The largest absolute Gasteiger partial charge is 0.325 e. The summed E-state index contributed by atoms with van der Waals surface area (Å²) in [6, 6.07) is 7.56. The summed E-state index contributed by atoms with van der Waals surface area (Å²) in [5, 5.41) is 0. The molecule has 68 valence electrons. The van der Waals surface area contributed by atoms with Gasteiger partial charge in [-0.05, 0) is 0 Å². The molecule has 4 heteroatoms. The Balaban J connectivity index is 0.00000121. The van der Waals surface area contributed by atoms with Crippen LogP contribution in [0.25, 0.3) is 0 Å². The van der Waals surface area contributed by atoms with E-state index >= 15 is 0 Å². The lowest BCUT2D eigenvalue weighted by Gasteiger charge is -2.12. The molecule has 0 aliphatic rings. The van der Waals surface area contributed by atoms with Crippen LogP contribution in [0.5, 0.6) is 0 Å². The molecule has 2 N–H and O–H groups in total. The monoisotopic (exact) mass is 193 g/mol. The molecule has 1 aromatic carbocycles. The van der Waals surface area contributed by atoms with Crippen molar-refractivity contribution in [1.29, 1.82) is 0 Å². The van der Waals surface area contributed by atoms with Crippen molar-refractivity contribution in [3.8, 4) is 0 Å². The number of alkyl halides is 2. The molecule has 0 amide bonds. The SMILES string of the molecule is Cl.NCC(F)(F)c1ccccc1. The topological polar surface area (TPSA) is 26.0 Å². The van der Waals surface area contributed by atoms with Crippen LogP contribution in [-0.2, 0) is 5.92 Å². The lowest BCUT2D eigenvalue weighted by Crippen LogP contribution is -2.24. The van der Waals surface area contributed by atoms with Crippen LogP contribution in [0, 0.1) is 0 Å². The number of rotatable bonds is 2. The first kappa shape index (κ1) is 11.3. The Bertz CT molecular complexity index is 226. The first-order valence-corrected chi connectivity index (χ1v) is 3.30. The fourth-order valence-electron chi connectivity index (χ4n) is 0.800. The van der Waals surface area contributed by atoms with Gasteiger partial charge in [0.05, 0.1) is 6.54 Å². The molecule has 12 heavy (non-hydrogen) atoms. The zero-order valence-corrected chi connectivity index (χ0v) is 7.15. The molecule has 0 radical (unpaired) electrons. The molecule has 0 unspecified atom stereocenters. The maximum atomic E-state index is 12.8. The molecular formula is C8H10ClF2N. The van der Waals surface area contributed by atoms with Crippen LogP contribution in [0.1, 0.15) is 5.56 Å². The highest BCUT2D eigenvalue weighted by Gasteiger charge is 2.28. The molecule has 0 spiro atoms. The van der Waals surface area contributed by atoms with E-state index in [4.69, 9.17) is 5.73 Å². The molecule has 0 bridgehead atoms. The standard InChI is InChI=1S/C8H9F2N.ClH/c9-8(10,6-11)7-4-2-1-3-5-7;/h1-5H,6,11H2;1H. The molecule has 0 heterocycles. The summed E-state index contributed by atoms with van der Waals surface area (Å²) < 4.78 is 25.5. The molecule has 1 rings (SSSR count). The molecule has 0 aliphatic carbocycles. The minimum absolute atomic E-state index is 0. The average Bonchev–Trinajstić information content (AvgIpc) is 2.06. The first-order valence-electron chi connectivity index (χ1n) is 3.30. The lowest BCUT2D eigenvalue weighted by molar-refractivity contribution is 0.00595. The van der Waals surface area contributed by atoms with E-state index < -0.39 is 12.5 Å². The Morgan fingerprint density at radius 3 is 2.08 bits per heavy atom. The predicted octanol–water partition coefficient (Wildman–Crippen LogP) is 2.16. The second kappa shape index (κ2) is 4.38. The number of nitrogens with two attached hydrogens (primary N) is 1. The summed E-state index contributed by atoms with van der Waals surface area (Å²) in [5.74, 6) is -2.89. The van der Waals surface area contributed by atoms with Crippen molar-refractivity contribution in [2.75, 3.05) is 6.54 Å². The van der Waals surface area contributed by atoms with Crippen LogP contribution in [0.3, 0.4) is 0 Å². The normalized spacial score (nSPS) is 10.6. The van der Waals surface area contributed by atoms with Gasteiger partial charge < -0.3 is 5.73 Å². The molecule has 0 aromatic heterocycles. The summed E-state index contributed by atoms with van der Waals surface area (Å²) in [5.41, 5.74) is 4.86. The smallest absolute Gasteiger partial charge is 0.285 e. The molecular weight excluding hydrogens is 184 g/mol. The minimum Gasteiger partial charge on any atom is -0.325 e. The van der Waals surface area contributed by atoms with Gasteiger partial charge in [-0.1, -0.05) is 30.3 Å². The maximum absolute atomic E-state index is 12.8. The van der Waals surface area contributed by atoms with Crippen LogP contribution in [0.15, 0.2) is 30.3 Å². The van der Waals surface area contributed by atoms with Gasteiger partial charge >= 0.3 is 0 Å². The predicted molar refractivity (Wildman–Crippen MR) is 46.6 cm³/mol. The highest BCUT2D eigenvalue weighted by atomic mass is 35.5. The van der Waals surface area contributed by atoms with Gasteiger partial charge in [-0.3, -0.25) is 0 Å². The second-order valence-corrected chi connectivity index (χ2v) is 2.27. The first-order chi connectivity index (χ1) is 5.17. The maximum Gasteiger partial charge on any atom is 0.285 e. The quantitative estimate of drug-likeness (QED) is 0.766. The van der Waals surface area contributed by atoms with Gasteiger partial charge in [-0.15, -0.1) is 12.4 Å². The number of halogens is 3. The van der Waals surface area contributed by atoms with Gasteiger partial charge in [-0.25, -0.2) is 0 Å². The van der Waals surface area contributed by atoms with Crippen LogP contribution in [0.4, 0.5) is 8.78 Å². The Labute approximate surface area is 76.0 Å². The third-order valence-corrected chi connectivity index (χ3v) is 1.45. The van der Waals surface area contributed by atoms with E-state index in [0.717, 1.165) is 0 Å². The molecule has 0 fully saturated rings. The second-order valence-electron chi connectivity index (χ2n) is 2.27. The highest BCUT2D eigenvalue weighted by Crippen LogP contribution is 2.25. The number of benzene rings is 1. The summed E-state index contributed by atoms with van der Waals surface area (Å²) >= 11 is 0. The number of hydrogen-bond acceptors (Lipinski definition) is 1. The molecule has 0 saturated heterocycles. The third-order valence-electron chi connectivity index (χ3n) is 1.45. The van der Waals surface area contributed by atoms with Gasteiger partial charge in [0.1, 0.15) is 0 Å². The fraction of sp³-hybridized carbons (Fsp3) is 0.250. The van der Waals surface area contributed by atoms with Gasteiger partial charge in [0.15, 0.2) is 0 Å². The van der Waals surface area contributed by atoms with Crippen LogP contribution in [0.2, 0.25) is 0 Å². The molecule has 0 saturated carbocycles. The Morgan fingerprint density at radius 2 is 1.67 bits per heavy atom. The average molecular weight is 194 g/mol. The van der Waals surface area contributed by atoms with Gasteiger partial charge in [0, 0.05) is 5.56 Å². The fourth-order valence-corrected chi connectivity index (χ4v) is 0.800. The van der Waals surface area contributed by atoms with Crippen molar-refractivity contribution in [2.45, 2.75) is 5.92 Å². The van der Waals surface area contributed by atoms with E-state index in [1.54, 1.807) is 18.2 Å². The van der Waals surface area contributed by atoms with Gasteiger partial charge in [0.2, 0.25) is 0 Å². The van der Waals surface area contributed by atoms with Crippen molar-refractivity contribution in [2.24, 2.45) is 5.73 Å². The van der Waals surface area contributed by atoms with Crippen molar-refractivity contribution in [3.63, 3.8) is 0 Å². The lowest BCUT2D eigenvalue weighted by atomic mass is 10.1. The third kappa shape index (κ3) is 2.43.